The van der Waals surface area contributed by atoms with Crippen LogP contribution in [0.3, 0.4) is 0 Å². The highest BCUT2D eigenvalue weighted by molar-refractivity contribution is 5.92. The molecule has 2 N–H and O–H groups in total. The van der Waals surface area contributed by atoms with Crippen LogP contribution in [0.1, 0.15) is 58.4 Å². The smallest absolute Gasteiger partial charge is 0.303 e. The van der Waals surface area contributed by atoms with Crippen molar-refractivity contribution < 1.29 is 23.9 Å². The number of carbonyl (C=O) groups excluding carboxylic acids is 2. The summed E-state index contributed by atoms with van der Waals surface area (Å²) >= 11 is 0. The van der Waals surface area contributed by atoms with Gasteiger partial charge in [0.05, 0.1) is 0 Å². The lowest BCUT2D eigenvalue weighted by Gasteiger charge is -2.24. The van der Waals surface area contributed by atoms with E-state index in [9.17, 15) is 14.4 Å². The predicted octanol–water partition coefficient (Wildman–Crippen LogP) is 3.53. The molecular weight excluding hydrogens is 434 g/mol. The summed E-state index contributed by atoms with van der Waals surface area (Å²) in [6, 6.07) is 17.0. The van der Waals surface area contributed by atoms with Gasteiger partial charge in [-0.3, -0.25) is 14.4 Å². The molecular formula is C26H27N3O5. The number of nitrogens with zero attached hydrogens (tertiary/aromatic N) is 2. The van der Waals surface area contributed by atoms with Crippen molar-refractivity contribution in [3.8, 4) is 0 Å². The van der Waals surface area contributed by atoms with Gasteiger partial charge < -0.3 is 19.7 Å². The highest BCUT2D eigenvalue weighted by Gasteiger charge is 2.36. The second kappa shape index (κ2) is 10.8. The summed E-state index contributed by atoms with van der Waals surface area (Å²) in [5.41, 5.74) is 3.11. The highest BCUT2D eigenvalue weighted by Crippen LogP contribution is 2.34. The van der Waals surface area contributed by atoms with E-state index in [2.05, 4.69) is 10.3 Å². The van der Waals surface area contributed by atoms with E-state index < -0.39 is 5.97 Å². The second-order valence-corrected chi connectivity index (χ2v) is 8.30. The molecule has 1 saturated heterocycles. The molecule has 0 aliphatic carbocycles. The van der Waals surface area contributed by atoms with Crippen LogP contribution in [0.2, 0.25) is 0 Å². The molecule has 0 radical (unpaired) electrons. The first kappa shape index (κ1) is 23.2. The molecule has 1 fully saturated rings. The van der Waals surface area contributed by atoms with Crippen LogP contribution in [-0.2, 0) is 29.0 Å². The van der Waals surface area contributed by atoms with Crippen LogP contribution in [0.5, 0.6) is 0 Å². The molecule has 1 aromatic heterocycles. The van der Waals surface area contributed by atoms with Crippen molar-refractivity contribution in [3.05, 3.63) is 89.1 Å². The lowest BCUT2D eigenvalue weighted by Crippen LogP contribution is -2.28. The average Bonchev–Trinajstić information content (AvgIpc) is 3.46. The van der Waals surface area contributed by atoms with Gasteiger partial charge >= 0.3 is 5.97 Å². The summed E-state index contributed by atoms with van der Waals surface area (Å²) in [5.74, 6) is -0.868. The summed E-state index contributed by atoms with van der Waals surface area (Å²) in [6.45, 7) is 0.812. The lowest BCUT2D eigenvalue weighted by molar-refractivity contribution is -0.137. The summed E-state index contributed by atoms with van der Waals surface area (Å²) in [5, 5.41) is 11.9. The van der Waals surface area contributed by atoms with E-state index in [0.29, 0.717) is 44.7 Å². The summed E-state index contributed by atoms with van der Waals surface area (Å²) < 4.78 is 5.62. The number of carboxylic acid groups (broad SMARTS) is 1. The molecule has 1 atom stereocenters. The monoisotopic (exact) mass is 461 g/mol. The third kappa shape index (κ3) is 5.70. The number of hydrogen-bond donors (Lipinski definition) is 2. The quantitative estimate of drug-likeness (QED) is 0.478. The maximum Gasteiger partial charge on any atom is 0.303 e. The van der Waals surface area contributed by atoms with Gasteiger partial charge in [-0.1, -0.05) is 54.6 Å². The van der Waals surface area contributed by atoms with Crippen molar-refractivity contribution in [3.63, 3.8) is 0 Å². The van der Waals surface area contributed by atoms with Gasteiger partial charge in [0.25, 0.3) is 5.91 Å². The van der Waals surface area contributed by atoms with Crippen molar-refractivity contribution in [2.24, 2.45) is 0 Å². The van der Waals surface area contributed by atoms with Crippen LogP contribution >= 0.6 is 0 Å². The SMILES string of the molecule is O=C(O)CCc1ccccc1CN1C(=O)CC[C@H]1c1nc(C(=O)NCCc2ccccc2)co1. The zero-order chi connectivity index (χ0) is 23.9. The molecule has 0 spiro atoms. The Bertz CT molecular complexity index is 1160. The largest absolute Gasteiger partial charge is 0.481 e. The molecule has 0 bridgehead atoms. The van der Waals surface area contributed by atoms with E-state index >= 15 is 0 Å². The Morgan fingerprint density at radius 2 is 1.79 bits per heavy atom. The first-order valence-corrected chi connectivity index (χ1v) is 11.4. The molecule has 0 unspecified atom stereocenters. The van der Waals surface area contributed by atoms with Crippen LogP contribution in [0.15, 0.2) is 65.3 Å². The lowest BCUT2D eigenvalue weighted by atomic mass is 10.0. The van der Waals surface area contributed by atoms with Gasteiger partial charge in [-0.15, -0.1) is 0 Å². The molecule has 34 heavy (non-hydrogen) atoms. The topological polar surface area (TPSA) is 113 Å². The minimum atomic E-state index is -0.862. The van der Waals surface area contributed by atoms with Crippen LogP contribution in [0.4, 0.5) is 0 Å². The van der Waals surface area contributed by atoms with Crippen molar-refractivity contribution in [1.82, 2.24) is 15.2 Å². The Balaban J connectivity index is 1.41. The number of hydrogen-bond acceptors (Lipinski definition) is 5. The molecule has 2 aromatic carbocycles. The van der Waals surface area contributed by atoms with E-state index in [1.807, 2.05) is 54.6 Å². The summed E-state index contributed by atoms with van der Waals surface area (Å²) in [4.78, 5) is 42.2. The van der Waals surface area contributed by atoms with E-state index in [4.69, 9.17) is 9.52 Å². The van der Waals surface area contributed by atoms with Crippen LogP contribution in [-0.4, -0.2) is 39.3 Å². The van der Waals surface area contributed by atoms with Gasteiger partial charge in [0.2, 0.25) is 11.8 Å². The zero-order valence-corrected chi connectivity index (χ0v) is 18.8. The van der Waals surface area contributed by atoms with Gasteiger partial charge in [0.15, 0.2) is 5.69 Å². The van der Waals surface area contributed by atoms with Crippen LogP contribution < -0.4 is 5.32 Å². The van der Waals surface area contributed by atoms with Gasteiger partial charge in [0.1, 0.15) is 12.3 Å². The number of nitrogens with one attached hydrogen (secondary N) is 1. The minimum Gasteiger partial charge on any atom is -0.481 e. The minimum absolute atomic E-state index is 0.0231. The van der Waals surface area contributed by atoms with Crippen molar-refractivity contribution >= 4 is 17.8 Å². The molecule has 0 saturated carbocycles. The molecule has 4 rings (SSSR count). The van der Waals surface area contributed by atoms with Crippen molar-refractivity contribution in [1.29, 1.82) is 0 Å². The molecule has 2 amide bonds. The van der Waals surface area contributed by atoms with E-state index in [-0.39, 0.29) is 30.0 Å². The van der Waals surface area contributed by atoms with E-state index in [1.54, 1.807) is 4.90 Å². The fourth-order valence-corrected chi connectivity index (χ4v) is 4.17. The van der Waals surface area contributed by atoms with Crippen LogP contribution in [0.25, 0.3) is 0 Å². The van der Waals surface area contributed by atoms with E-state index in [1.165, 1.54) is 6.26 Å². The Labute approximate surface area is 197 Å². The normalized spacial score (nSPS) is 15.5. The highest BCUT2D eigenvalue weighted by atomic mass is 16.4. The number of amides is 2. The number of carboxylic acids is 1. The third-order valence-electron chi connectivity index (χ3n) is 5.98. The molecule has 8 nitrogen and oxygen atoms in total. The van der Waals surface area contributed by atoms with Crippen molar-refractivity contribution in [2.75, 3.05) is 6.54 Å². The predicted molar refractivity (Wildman–Crippen MR) is 124 cm³/mol. The van der Waals surface area contributed by atoms with Crippen molar-refractivity contribution in [2.45, 2.75) is 44.7 Å². The number of carbonyl (C=O) groups is 3. The number of aryl methyl sites for hydroxylation is 1. The summed E-state index contributed by atoms with van der Waals surface area (Å²) in [7, 11) is 0. The molecule has 8 heteroatoms. The third-order valence-corrected chi connectivity index (χ3v) is 5.98. The number of rotatable bonds is 10. The second-order valence-electron chi connectivity index (χ2n) is 8.30. The van der Waals surface area contributed by atoms with Gasteiger partial charge in [0, 0.05) is 25.9 Å². The first-order chi connectivity index (χ1) is 16.5. The Morgan fingerprint density at radius 1 is 1.06 bits per heavy atom. The standard InChI is InChI=1S/C26H27N3O5/c30-23-12-11-22(29(23)16-20-9-5-4-8-19(20)10-13-24(31)32)26-28-21(17-34-26)25(33)27-15-14-18-6-2-1-3-7-18/h1-9,17,22H,10-16H2,(H,27,33)(H,31,32)/t22-/m0/s1. The zero-order valence-electron chi connectivity index (χ0n) is 18.8. The van der Waals surface area contributed by atoms with Gasteiger partial charge in [-0.25, -0.2) is 4.98 Å². The Morgan fingerprint density at radius 3 is 2.56 bits per heavy atom. The number of likely N-dealkylation sites (tertiary alicyclic amines) is 1. The first-order valence-electron chi connectivity index (χ1n) is 11.4. The molecule has 1 aliphatic heterocycles. The number of oxazole rings is 1. The van der Waals surface area contributed by atoms with Gasteiger partial charge in [-0.2, -0.15) is 0 Å². The van der Waals surface area contributed by atoms with E-state index in [0.717, 1.165) is 16.7 Å². The Kier molecular flexibility index (Phi) is 7.37. The maximum absolute atomic E-state index is 12.6. The molecule has 1 aliphatic rings. The average molecular weight is 462 g/mol. The molecule has 2 heterocycles. The van der Waals surface area contributed by atoms with Gasteiger partial charge in [-0.05, 0) is 36.0 Å². The number of benzene rings is 2. The Hall–Kier alpha value is -3.94. The fraction of sp³-hybridized carbons (Fsp3) is 0.308. The summed E-state index contributed by atoms with van der Waals surface area (Å²) in [6.07, 6.45) is 3.37. The maximum atomic E-state index is 12.6. The molecule has 176 valence electrons. The fourth-order valence-electron chi connectivity index (χ4n) is 4.17. The number of aromatic nitrogens is 1. The molecule has 3 aromatic rings. The van der Waals surface area contributed by atoms with Crippen LogP contribution in [0, 0.1) is 0 Å². The number of aliphatic carboxylic acids is 1.